The zero-order chi connectivity index (χ0) is 30.4. The van der Waals surface area contributed by atoms with Gasteiger partial charge >= 0.3 is 0 Å². The van der Waals surface area contributed by atoms with Gasteiger partial charge in [0.15, 0.2) is 11.5 Å². The second-order valence-electron chi connectivity index (χ2n) is 11.5. The van der Waals surface area contributed by atoms with Gasteiger partial charge in [0.25, 0.3) is 11.7 Å². The number of hydrogen-bond acceptors (Lipinski definition) is 7. The minimum absolute atomic E-state index is 0.0482. The molecule has 0 unspecified atom stereocenters. The van der Waals surface area contributed by atoms with Crippen LogP contribution in [-0.4, -0.2) is 72.1 Å². The molecule has 0 radical (unpaired) electrons. The average molecular weight is 579 g/mol. The van der Waals surface area contributed by atoms with E-state index in [9.17, 15) is 14.7 Å². The molecule has 2 atom stereocenters. The van der Waals surface area contributed by atoms with Crippen LogP contribution in [0.25, 0.3) is 5.76 Å². The van der Waals surface area contributed by atoms with Gasteiger partial charge in [-0.25, -0.2) is 0 Å². The maximum Gasteiger partial charge on any atom is 0.295 e. The van der Waals surface area contributed by atoms with Gasteiger partial charge in [0.2, 0.25) is 0 Å². The molecule has 2 heterocycles. The summed E-state index contributed by atoms with van der Waals surface area (Å²) >= 11 is 0. The van der Waals surface area contributed by atoms with Gasteiger partial charge in [-0.05, 0) is 93.7 Å². The van der Waals surface area contributed by atoms with Crippen molar-refractivity contribution >= 4 is 17.4 Å². The normalized spacial score (nSPS) is 19.5. The highest BCUT2D eigenvalue weighted by Gasteiger charge is 2.46. The predicted octanol–water partition coefficient (Wildman–Crippen LogP) is 5.99. The van der Waals surface area contributed by atoms with Crippen LogP contribution in [0, 0.1) is 5.92 Å². The second-order valence-corrected chi connectivity index (χ2v) is 11.5. The topological polar surface area (TPSA) is 88.5 Å². The Morgan fingerprint density at radius 2 is 1.83 bits per heavy atom. The Bertz CT molecular complexity index is 1300. The summed E-state index contributed by atoms with van der Waals surface area (Å²) in [6.45, 7) is 16.4. The van der Waals surface area contributed by atoms with Gasteiger partial charge in [-0.1, -0.05) is 33.8 Å². The zero-order valence-corrected chi connectivity index (χ0v) is 25.9. The van der Waals surface area contributed by atoms with Gasteiger partial charge < -0.3 is 29.1 Å². The number of benzene rings is 2. The fourth-order valence-electron chi connectivity index (χ4n) is 5.67. The molecule has 0 aliphatic carbocycles. The fraction of sp³-hybridized carbons (Fsp3) is 0.529. The van der Waals surface area contributed by atoms with Crippen molar-refractivity contribution in [3.05, 3.63) is 58.7 Å². The minimum atomic E-state index is -0.756. The van der Waals surface area contributed by atoms with E-state index in [1.807, 2.05) is 44.2 Å². The molecule has 0 aromatic heterocycles. The van der Waals surface area contributed by atoms with Gasteiger partial charge in [-0.2, -0.15) is 0 Å². The highest BCUT2D eigenvalue weighted by atomic mass is 16.5. The number of hydrogen-bond donors (Lipinski definition) is 1. The van der Waals surface area contributed by atoms with E-state index in [1.165, 1.54) is 0 Å². The molecule has 0 spiro atoms. The molecule has 1 fully saturated rings. The molecular weight excluding hydrogens is 532 g/mol. The Morgan fingerprint density at radius 1 is 1.07 bits per heavy atom. The Kier molecular flexibility index (Phi) is 10.5. The average Bonchev–Trinajstić information content (AvgIpc) is 3.46. The van der Waals surface area contributed by atoms with Gasteiger partial charge in [-0.3, -0.25) is 9.59 Å². The van der Waals surface area contributed by atoms with E-state index in [2.05, 4.69) is 32.6 Å². The van der Waals surface area contributed by atoms with Crippen LogP contribution in [0.5, 0.6) is 17.2 Å². The summed E-state index contributed by atoms with van der Waals surface area (Å²) in [6.07, 6.45) is 2.38. The molecule has 2 aliphatic heterocycles. The van der Waals surface area contributed by atoms with E-state index in [4.69, 9.17) is 14.2 Å². The molecule has 228 valence electrons. The van der Waals surface area contributed by atoms with Crippen LogP contribution >= 0.6 is 0 Å². The number of amides is 1. The lowest BCUT2D eigenvalue weighted by molar-refractivity contribution is -0.140. The second kappa shape index (κ2) is 14.1. The van der Waals surface area contributed by atoms with Crippen LogP contribution in [0.1, 0.15) is 77.1 Å². The van der Waals surface area contributed by atoms with Gasteiger partial charge in [0.1, 0.15) is 17.6 Å². The molecule has 1 saturated heterocycles. The third-order valence-corrected chi connectivity index (χ3v) is 8.01. The van der Waals surface area contributed by atoms with Crippen LogP contribution in [0.3, 0.4) is 0 Å². The zero-order valence-electron chi connectivity index (χ0n) is 25.9. The van der Waals surface area contributed by atoms with Crippen molar-refractivity contribution in [2.75, 3.05) is 39.4 Å². The predicted molar refractivity (Wildman–Crippen MR) is 164 cm³/mol. The summed E-state index contributed by atoms with van der Waals surface area (Å²) in [4.78, 5) is 31.0. The van der Waals surface area contributed by atoms with Crippen LogP contribution < -0.4 is 14.2 Å². The highest BCUT2D eigenvalue weighted by molar-refractivity contribution is 6.46. The van der Waals surface area contributed by atoms with Crippen LogP contribution in [-0.2, 0) is 16.0 Å². The summed E-state index contributed by atoms with van der Waals surface area (Å²) in [7, 11) is 0. The van der Waals surface area contributed by atoms with Crippen molar-refractivity contribution in [2.45, 2.75) is 73.0 Å². The van der Waals surface area contributed by atoms with Crippen molar-refractivity contribution in [1.82, 2.24) is 9.80 Å². The number of aliphatic hydroxyl groups is 1. The quantitative estimate of drug-likeness (QED) is 0.167. The van der Waals surface area contributed by atoms with Crippen molar-refractivity contribution in [2.24, 2.45) is 5.92 Å². The van der Waals surface area contributed by atoms with E-state index < -0.39 is 17.7 Å². The number of ketones is 1. The van der Waals surface area contributed by atoms with Crippen molar-refractivity contribution in [1.29, 1.82) is 0 Å². The third-order valence-electron chi connectivity index (χ3n) is 8.01. The van der Waals surface area contributed by atoms with Gasteiger partial charge in [0.05, 0.1) is 24.8 Å². The van der Waals surface area contributed by atoms with Crippen molar-refractivity contribution in [3.8, 4) is 17.2 Å². The molecular formula is C34H46N2O6. The molecule has 2 aromatic rings. The Hall–Kier alpha value is -3.52. The summed E-state index contributed by atoms with van der Waals surface area (Å²) in [5, 5.41) is 11.6. The SMILES string of the molecule is CCOc1cc([C@@H]2/C(=C(\O)c3ccc4c(c3)C[C@H](C)O4)C(=O)C(=O)N2CCCN(CC)CC)ccc1OCCC(C)C. The lowest BCUT2D eigenvalue weighted by atomic mass is 9.94. The van der Waals surface area contributed by atoms with Gasteiger partial charge in [-0.15, -0.1) is 0 Å². The summed E-state index contributed by atoms with van der Waals surface area (Å²) in [5.41, 5.74) is 2.25. The van der Waals surface area contributed by atoms with E-state index >= 15 is 0 Å². The molecule has 8 nitrogen and oxygen atoms in total. The maximum atomic E-state index is 13.6. The number of likely N-dealkylation sites (tertiary alicyclic amines) is 1. The monoisotopic (exact) mass is 578 g/mol. The van der Waals surface area contributed by atoms with Crippen LogP contribution in [0.4, 0.5) is 0 Å². The first-order valence-corrected chi connectivity index (χ1v) is 15.4. The lowest BCUT2D eigenvalue weighted by Gasteiger charge is -2.27. The first-order valence-electron chi connectivity index (χ1n) is 15.4. The number of aliphatic hydroxyl groups excluding tert-OH is 1. The fourth-order valence-corrected chi connectivity index (χ4v) is 5.67. The number of fused-ring (bicyclic) bond motifs is 1. The molecule has 4 rings (SSSR count). The van der Waals surface area contributed by atoms with E-state index in [0.717, 1.165) is 43.8 Å². The summed E-state index contributed by atoms with van der Waals surface area (Å²) < 4.78 is 17.8. The molecule has 1 amide bonds. The number of ether oxygens (including phenoxy) is 3. The number of rotatable bonds is 14. The minimum Gasteiger partial charge on any atom is -0.507 e. The molecule has 2 aromatic carbocycles. The van der Waals surface area contributed by atoms with E-state index in [-0.39, 0.29) is 17.4 Å². The summed E-state index contributed by atoms with van der Waals surface area (Å²) in [5.74, 6) is 0.993. The van der Waals surface area contributed by atoms with Crippen LogP contribution in [0.2, 0.25) is 0 Å². The Morgan fingerprint density at radius 3 is 2.52 bits per heavy atom. The standard InChI is InChI=1S/C34H46N2O6/c1-7-35(8-2)16-10-17-36-31(24-11-14-28(29(21-24)40-9-3)41-18-15-22(4)5)30(33(38)34(36)39)32(37)25-12-13-27-26(20-25)19-23(6)42-27/h11-14,20-23,31,37H,7-10,15-19H2,1-6H3/b32-30+/t23-,31+/m0/s1. The van der Waals surface area contributed by atoms with Gasteiger partial charge in [0, 0.05) is 18.5 Å². The molecule has 42 heavy (non-hydrogen) atoms. The molecule has 0 saturated carbocycles. The lowest BCUT2D eigenvalue weighted by Crippen LogP contribution is -2.33. The molecule has 2 aliphatic rings. The third kappa shape index (κ3) is 6.92. The van der Waals surface area contributed by atoms with E-state index in [1.54, 1.807) is 11.0 Å². The van der Waals surface area contributed by atoms with E-state index in [0.29, 0.717) is 54.7 Å². The molecule has 0 bridgehead atoms. The number of carbonyl (C=O) groups is 2. The molecule has 1 N–H and O–H groups in total. The Labute approximate surface area is 250 Å². The van der Waals surface area contributed by atoms with Crippen molar-refractivity contribution in [3.63, 3.8) is 0 Å². The smallest absolute Gasteiger partial charge is 0.295 e. The first kappa shape index (κ1) is 31.4. The number of carbonyl (C=O) groups excluding carboxylic acids is 2. The van der Waals surface area contributed by atoms with Crippen LogP contribution in [0.15, 0.2) is 42.0 Å². The summed E-state index contributed by atoms with van der Waals surface area (Å²) in [6, 6.07) is 10.2. The highest BCUT2D eigenvalue weighted by Crippen LogP contribution is 2.43. The largest absolute Gasteiger partial charge is 0.507 e. The maximum absolute atomic E-state index is 13.6. The Balaban J connectivity index is 1.75. The first-order chi connectivity index (χ1) is 20.2. The number of nitrogens with zero attached hydrogens (tertiary/aromatic N) is 2. The number of Topliss-reactive ketones (excluding diaryl/α,β-unsaturated/α-hetero) is 1. The molecule has 8 heteroatoms. The van der Waals surface area contributed by atoms with Crippen molar-refractivity contribution < 1.29 is 28.9 Å².